The summed E-state index contributed by atoms with van der Waals surface area (Å²) in [5.41, 5.74) is 0.539. The molecule has 2 aromatic rings. The number of piperazine rings is 1. The first-order valence-corrected chi connectivity index (χ1v) is 7.12. The zero-order chi connectivity index (χ0) is 14.7. The van der Waals surface area contributed by atoms with Gasteiger partial charge >= 0.3 is 0 Å². The molecule has 0 bridgehead atoms. The molecule has 1 aromatic heterocycles. The Balaban J connectivity index is 0.00000176. The smallest absolute Gasteiger partial charge is 0.132 e. The van der Waals surface area contributed by atoms with Crippen molar-refractivity contribution in [3.8, 4) is 5.75 Å². The average molecular weight is 327 g/mol. The summed E-state index contributed by atoms with van der Waals surface area (Å²) in [7, 11) is 1.56. The van der Waals surface area contributed by atoms with Crippen molar-refractivity contribution in [2.75, 3.05) is 33.3 Å². The fraction of sp³-hybridized carbons (Fsp3) is 0.375. The van der Waals surface area contributed by atoms with Crippen LogP contribution >= 0.6 is 12.4 Å². The van der Waals surface area contributed by atoms with Crippen LogP contribution in [0.2, 0.25) is 0 Å². The fourth-order valence-corrected chi connectivity index (χ4v) is 2.85. The molecule has 0 amide bonds. The zero-order valence-corrected chi connectivity index (χ0v) is 13.2. The minimum absolute atomic E-state index is 0. The second-order valence-electron chi connectivity index (χ2n) is 5.06. The molecule has 1 aliphatic heterocycles. The predicted octanol–water partition coefficient (Wildman–Crippen LogP) is 2.84. The summed E-state index contributed by atoms with van der Waals surface area (Å²) >= 11 is 0. The summed E-state index contributed by atoms with van der Waals surface area (Å²) in [6, 6.07) is 8.37. The number of nitrogens with one attached hydrogen (secondary N) is 1. The molecule has 1 fully saturated rings. The van der Waals surface area contributed by atoms with E-state index >= 15 is 0 Å². The first kappa shape index (κ1) is 16.8. The topological polar surface area (TPSA) is 37.6 Å². The lowest BCUT2D eigenvalue weighted by atomic mass is 10.00. The summed E-state index contributed by atoms with van der Waals surface area (Å²) in [5.74, 6) is 1.02. The number of methoxy groups -OCH3 is 1. The van der Waals surface area contributed by atoms with Crippen LogP contribution in [0.3, 0.4) is 0 Å². The average Bonchev–Trinajstić information content (AvgIpc) is 3.04. The Bertz CT molecular complexity index is 586. The molecule has 0 aliphatic carbocycles. The van der Waals surface area contributed by atoms with E-state index in [0.717, 1.165) is 31.9 Å². The van der Waals surface area contributed by atoms with E-state index in [1.807, 2.05) is 12.1 Å². The number of hydrogen-bond donors (Lipinski definition) is 1. The molecule has 1 saturated heterocycles. The highest BCUT2D eigenvalue weighted by Gasteiger charge is 2.30. The SMILES string of the molecule is COc1cccc(F)c1[C@H](c1ccco1)N1CCNCC1.Cl. The molecule has 4 nitrogen and oxygen atoms in total. The summed E-state index contributed by atoms with van der Waals surface area (Å²) in [6.45, 7) is 3.44. The number of rotatable bonds is 4. The third-order valence-electron chi connectivity index (χ3n) is 3.84. The number of nitrogens with zero attached hydrogens (tertiary/aromatic N) is 1. The van der Waals surface area contributed by atoms with Crippen LogP contribution < -0.4 is 10.1 Å². The van der Waals surface area contributed by atoms with Gasteiger partial charge in [-0.05, 0) is 24.3 Å². The molecule has 1 N–H and O–H groups in total. The van der Waals surface area contributed by atoms with Crippen molar-refractivity contribution in [2.45, 2.75) is 6.04 Å². The predicted molar refractivity (Wildman–Crippen MR) is 85.2 cm³/mol. The van der Waals surface area contributed by atoms with Gasteiger partial charge in [-0.3, -0.25) is 4.90 Å². The van der Waals surface area contributed by atoms with Crippen molar-refractivity contribution in [3.05, 3.63) is 53.7 Å². The maximum atomic E-state index is 14.5. The molecule has 0 radical (unpaired) electrons. The molecule has 2 heterocycles. The van der Waals surface area contributed by atoms with E-state index in [1.54, 1.807) is 25.5 Å². The number of hydrogen-bond acceptors (Lipinski definition) is 4. The van der Waals surface area contributed by atoms with Crippen molar-refractivity contribution in [1.29, 1.82) is 0 Å². The van der Waals surface area contributed by atoms with Crippen LogP contribution in [0.5, 0.6) is 5.75 Å². The van der Waals surface area contributed by atoms with E-state index in [-0.39, 0.29) is 24.3 Å². The summed E-state index contributed by atoms with van der Waals surface area (Å²) in [5, 5.41) is 3.31. The molecule has 3 rings (SSSR count). The van der Waals surface area contributed by atoms with E-state index in [2.05, 4.69) is 10.2 Å². The third kappa shape index (κ3) is 3.27. The summed E-state index contributed by atoms with van der Waals surface area (Å²) in [6.07, 6.45) is 1.62. The molecule has 0 saturated carbocycles. The van der Waals surface area contributed by atoms with Crippen LogP contribution in [0, 0.1) is 5.82 Å². The summed E-state index contributed by atoms with van der Waals surface area (Å²) in [4.78, 5) is 2.22. The standard InChI is InChI=1S/C16H19FN2O2.ClH/c1-20-13-5-2-4-12(17)15(13)16(14-6-3-11-21-14)19-9-7-18-8-10-19;/h2-6,11,16,18H,7-10H2,1H3;1H/t16-;/m0./s1. The molecule has 6 heteroatoms. The van der Waals surface area contributed by atoms with Crippen LogP contribution in [0.4, 0.5) is 4.39 Å². The van der Waals surface area contributed by atoms with Gasteiger partial charge in [-0.15, -0.1) is 12.4 Å². The molecule has 120 valence electrons. The number of benzene rings is 1. The molecule has 1 aliphatic rings. The third-order valence-corrected chi connectivity index (χ3v) is 3.84. The molecule has 1 atom stereocenters. The summed E-state index contributed by atoms with van der Waals surface area (Å²) < 4.78 is 25.4. The molecule has 0 spiro atoms. The number of halogens is 2. The van der Waals surface area contributed by atoms with Gasteiger partial charge in [0, 0.05) is 26.2 Å². The lowest BCUT2D eigenvalue weighted by Gasteiger charge is -2.34. The Morgan fingerprint density at radius 3 is 2.64 bits per heavy atom. The minimum atomic E-state index is -0.269. The Morgan fingerprint density at radius 1 is 1.23 bits per heavy atom. The van der Waals surface area contributed by atoms with Gasteiger partial charge in [-0.1, -0.05) is 6.07 Å². The van der Waals surface area contributed by atoms with Crippen LogP contribution in [0.15, 0.2) is 41.0 Å². The Hall–Kier alpha value is -1.56. The Morgan fingerprint density at radius 2 is 2.00 bits per heavy atom. The molecule has 22 heavy (non-hydrogen) atoms. The Kier molecular flexibility index (Phi) is 5.83. The first-order chi connectivity index (χ1) is 10.3. The highest BCUT2D eigenvalue weighted by Crippen LogP contribution is 2.36. The van der Waals surface area contributed by atoms with Crippen LogP contribution in [-0.4, -0.2) is 38.2 Å². The van der Waals surface area contributed by atoms with Crippen LogP contribution in [0.1, 0.15) is 17.4 Å². The van der Waals surface area contributed by atoms with E-state index in [4.69, 9.17) is 9.15 Å². The second-order valence-corrected chi connectivity index (χ2v) is 5.06. The van der Waals surface area contributed by atoms with Crippen LogP contribution in [-0.2, 0) is 0 Å². The van der Waals surface area contributed by atoms with Gasteiger partial charge in [0.25, 0.3) is 0 Å². The minimum Gasteiger partial charge on any atom is -0.496 e. The van der Waals surface area contributed by atoms with Gasteiger partial charge in [0.1, 0.15) is 23.4 Å². The number of ether oxygens (including phenoxy) is 1. The van der Waals surface area contributed by atoms with Gasteiger partial charge in [0.2, 0.25) is 0 Å². The van der Waals surface area contributed by atoms with E-state index in [9.17, 15) is 4.39 Å². The lowest BCUT2D eigenvalue weighted by molar-refractivity contribution is 0.174. The highest BCUT2D eigenvalue weighted by atomic mass is 35.5. The lowest BCUT2D eigenvalue weighted by Crippen LogP contribution is -2.45. The highest BCUT2D eigenvalue weighted by molar-refractivity contribution is 5.85. The van der Waals surface area contributed by atoms with E-state index in [0.29, 0.717) is 11.3 Å². The maximum Gasteiger partial charge on any atom is 0.132 e. The molecule has 0 unspecified atom stereocenters. The zero-order valence-electron chi connectivity index (χ0n) is 12.4. The van der Waals surface area contributed by atoms with Gasteiger partial charge < -0.3 is 14.5 Å². The van der Waals surface area contributed by atoms with Crippen molar-refractivity contribution in [2.24, 2.45) is 0 Å². The van der Waals surface area contributed by atoms with Crippen molar-refractivity contribution in [1.82, 2.24) is 10.2 Å². The largest absolute Gasteiger partial charge is 0.496 e. The van der Waals surface area contributed by atoms with Crippen LogP contribution in [0.25, 0.3) is 0 Å². The maximum absolute atomic E-state index is 14.5. The molecular formula is C16H20ClFN2O2. The van der Waals surface area contributed by atoms with Crippen molar-refractivity contribution in [3.63, 3.8) is 0 Å². The molecular weight excluding hydrogens is 307 g/mol. The quantitative estimate of drug-likeness (QED) is 0.937. The van der Waals surface area contributed by atoms with Crippen molar-refractivity contribution < 1.29 is 13.5 Å². The van der Waals surface area contributed by atoms with Crippen molar-refractivity contribution >= 4 is 12.4 Å². The van der Waals surface area contributed by atoms with Gasteiger partial charge in [-0.2, -0.15) is 0 Å². The van der Waals surface area contributed by atoms with Gasteiger partial charge in [0.15, 0.2) is 0 Å². The Labute approximate surface area is 135 Å². The normalized spacial score (nSPS) is 16.8. The van der Waals surface area contributed by atoms with E-state index < -0.39 is 0 Å². The van der Waals surface area contributed by atoms with Gasteiger partial charge in [-0.25, -0.2) is 4.39 Å². The first-order valence-electron chi connectivity index (χ1n) is 7.12. The second kappa shape index (κ2) is 7.63. The van der Waals surface area contributed by atoms with Gasteiger partial charge in [0.05, 0.1) is 18.9 Å². The number of furan rings is 1. The molecule has 1 aromatic carbocycles. The monoisotopic (exact) mass is 326 g/mol. The fourth-order valence-electron chi connectivity index (χ4n) is 2.85. The van der Waals surface area contributed by atoms with E-state index in [1.165, 1.54) is 6.07 Å².